The Morgan fingerprint density at radius 1 is 1.11 bits per heavy atom. The molecule has 1 saturated heterocycles. The minimum atomic E-state index is -0.897. The van der Waals surface area contributed by atoms with Crippen molar-refractivity contribution in [1.82, 2.24) is 20.6 Å². The summed E-state index contributed by atoms with van der Waals surface area (Å²) < 4.78 is 6.39. The van der Waals surface area contributed by atoms with Crippen LogP contribution in [0.25, 0.3) is 11.1 Å². The third-order valence-electron chi connectivity index (χ3n) is 12.6. The zero-order valence-electron chi connectivity index (χ0n) is 35.5. The number of fused-ring (bicyclic) bond motifs is 2. The fourth-order valence-corrected chi connectivity index (χ4v) is 9.67. The lowest BCUT2D eigenvalue weighted by atomic mass is 9.45. The zero-order chi connectivity index (χ0) is 40.6. The third-order valence-corrected chi connectivity index (χ3v) is 12.6. The van der Waals surface area contributed by atoms with Crippen molar-refractivity contribution < 1.29 is 29.4 Å². The van der Waals surface area contributed by atoms with E-state index >= 15 is 0 Å². The molecule has 0 unspecified atom stereocenters. The summed E-state index contributed by atoms with van der Waals surface area (Å²) in [6.07, 6.45) is 1.32. The Kier molecular flexibility index (Phi) is 13.3. The third kappa shape index (κ3) is 9.50. The van der Waals surface area contributed by atoms with Crippen molar-refractivity contribution in [2.45, 2.75) is 112 Å². The van der Waals surface area contributed by atoms with Crippen molar-refractivity contribution in [3.8, 4) is 16.9 Å². The van der Waals surface area contributed by atoms with Gasteiger partial charge in [-0.3, -0.25) is 14.4 Å². The van der Waals surface area contributed by atoms with E-state index in [0.29, 0.717) is 35.7 Å². The van der Waals surface area contributed by atoms with Crippen LogP contribution in [0.1, 0.15) is 90.6 Å². The molecule has 4 fully saturated rings. The van der Waals surface area contributed by atoms with Gasteiger partial charge in [-0.1, -0.05) is 59.7 Å². The van der Waals surface area contributed by atoms with Crippen LogP contribution in [-0.2, 0) is 16.2 Å². The number of hydrogen-bond acceptors (Lipinski definition) is 9. The van der Waals surface area contributed by atoms with Crippen LogP contribution in [0.4, 0.5) is 5.69 Å². The molecule has 1 heterocycles. The standard InChI is InChI=1S/C44H69N5O6/c1-13-54-40-28(23-49-39(38(27(3)51)37(25-50)55-49)42(53)46-36-21-31-20-35(26(36)2)44(31,7)8)15-14-16-34(40)29-17-30(19-33(18-29)48(11)12)41(52)45-32(24-47(9)10)22-43(4,5)6/h14-19,26-27,31-32,35-39,50-51H,13,20-25H2,1-12H3,(H,45,52)(H,46,53)/t26-,27-,31-,32-,35+,36-,37-,38+,39-/m0/s1. The highest BCUT2D eigenvalue weighted by molar-refractivity contribution is 5.97. The summed E-state index contributed by atoms with van der Waals surface area (Å²) >= 11 is 0. The average Bonchev–Trinajstić information content (AvgIpc) is 3.47. The maximum absolute atomic E-state index is 14.3. The van der Waals surface area contributed by atoms with Crippen LogP contribution in [0.3, 0.4) is 0 Å². The second-order valence-electron chi connectivity index (χ2n) is 18.8. The molecule has 6 rings (SSSR count). The van der Waals surface area contributed by atoms with Crippen molar-refractivity contribution in [3.05, 3.63) is 47.5 Å². The van der Waals surface area contributed by atoms with Crippen molar-refractivity contribution in [2.24, 2.45) is 34.5 Å². The van der Waals surface area contributed by atoms with Crippen LogP contribution >= 0.6 is 0 Å². The number of hydrogen-bond donors (Lipinski definition) is 4. The number of carbonyl (C=O) groups is 2. The molecule has 11 nitrogen and oxygen atoms in total. The lowest BCUT2D eigenvalue weighted by Gasteiger charge is -2.62. The molecule has 4 N–H and O–H groups in total. The normalized spacial score (nSPS) is 27.3. The molecule has 9 atom stereocenters. The topological polar surface area (TPSA) is 127 Å². The van der Waals surface area contributed by atoms with Crippen molar-refractivity contribution in [3.63, 3.8) is 0 Å². The van der Waals surface area contributed by atoms with Gasteiger partial charge in [-0.25, -0.2) is 0 Å². The SMILES string of the molecule is CCOc1c(CN2O[C@@H](CO)[C@@H]([C@H](C)O)[C@H]2C(=O)N[C@H]2C[C@@H]3C[C@H]([C@@H]2C)C3(C)C)cccc1-c1cc(C(=O)N[C@H](CN(C)C)CC(C)(C)C)cc(N(C)C)c1. The summed E-state index contributed by atoms with van der Waals surface area (Å²) in [6, 6.07) is 10.9. The number of ether oxygens (including phenoxy) is 1. The first-order valence-electron chi connectivity index (χ1n) is 20.3. The van der Waals surface area contributed by atoms with E-state index in [1.54, 1.807) is 12.0 Å². The van der Waals surface area contributed by atoms with Crippen LogP contribution < -0.4 is 20.3 Å². The number of amides is 2. The van der Waals surface area contributed by atoms with Gasteiger partial charge in [0, 0.05) is 61.0 Å². The molecule has 0 radical (unpaired) electrons. The number of aliphatic hydroxyl groups is 2. The first-order valence-corrected chi connectivity index (χ1v) is 20.3. The minimum Gasteiger partial charge on any atom is -0.493 e. The van der Waals surface area contributed by atoms with Gasteiger partial charge >= 0.3 is 0 Å². The van der Waals surface area contributed by atoms with Crippen LogP contribution in [0, 0.1) is 34.5 Å². The van der Waals surface area contributed by atoms with Gasteiger partial charge in [-0.05, 0) is 99.6 Å². The highest BCUT2D eigenvalue weighted by atomic mass is 16.7. The summed E-state index contributed by atoms with van der Waals surface area (Å²) in [5.74, 6) is 1.12. The number of carbonyl (C=O) groups excluding carboxylic acids is 2. The van der Waals surface area contributed by atoms with E-state index in [0.717, 1.165) is 41.8 Å². The number of likely N-dealkylation sites (N-methyl/N-ethyl adjacent to an activating group) is 1. The lowest BCUT2D eigenvalue weighted by molar-refractivity contribution is -0.183. The number of rotatable bonds is 15. The molecule has 2 aromatic carbocycles. The second-order valence-corrected chi connectivity index (χ2v) is 18.8. The molecule has 55 heavy (non-hydrogen) atoms. The summed E-state index contributed by atoms with van der Waals surface area (Å²) in [6.45, 7) is 18.0. The number of anilines is 1. The molecule has 2 aromatic rings. The van der Waals surface area contributed by atoms with E-state index in [-0.39, 0.29) is 47.9 Å². The van der Waals surface area contributed by atoms with E-state index in [2.05, 4.69) is 63.1 Å². The van der Waals surface area contributed by atoms with Gasteiger partial charge in [0.1, 0.15) is 17.9 Å². The number of hydroxylamine groups is 2. The summed E-state index contributed by atoms with van der Waals surface area (Å²) in [5, 5.41) is 29.7. The quantitative estimate of drug-likeness (QED) is 0.184. The van der Waals surface area contributed by atoms with E-state index in [1.807, 2.05) is 70.3 Å². The summed E-state index contributed by atoms with van der Waals surface area (Å²) in [7, 11) is 7.95. The van der Waals surface area contributed by atoms with E-state index < -0.39 is 24.2 Å². The molecule has 0 aromatic heterocycles. The fourth-order valence-electron chi connectivity index (χ4n) is 9.67. The molecule has 11 heteroatoms. The Bertz CT molecular complexity index is 1650. The monoisotopic (exact) mass is 764 g/mol. The minimum absolute atomic E-state index is 0.0334. The first-order chi connectivity index (χ1) is 25.7. The zero-order valence-corrected chi connectivity index (χ0v) is 35.5. The van der Waals surface area contributed by atoms with E-state index in [4.69, 9.17) is 9.57 Å². The second kappa shape index (κ2) is 17.1. The highest BCUT2D eigenvalue weighted by Crippen LogP contribution is 2.61. The number of benzene rings is 2. The summed E-state index contributed by atoms with van der Waals surface area (Å²) in [4.78, 5) is 38.7. The lowest BCUT2D eigenvalue weighted by Crippen LogP contribution is -2.62. The molecule has 3 saturated carbocycles. The molecule has 1 aliphatic heterocycles. The Hall–Kier alpha value is -3.22. The fraction of sp³-hybridized carbons (Fsp3) is 0.682. The molecular formula is C44H69N5O6. The molecule has 4 aliphatic rings. The van der Waals surface area contributed by atoms with Gasteiger partial charge in [0.25, 0.3) is 5.91 Å². The molecule has 2 amide bonds. The van der Waals surface area contributed by atoms with Gasteiger partial charge in [0.15, 0.2) is 0 Å². The molecular weight excluding hydrogens is 695 g/mol. The smallest absolute Gasteiger partial charge is 0.251 e. The van der Waals surface area contributed by atoms with Crippen LogP contribution in [0.5, 0.6) is 5.75 Å². The first kappa shape index (κ1) is 42.9. The Morgan fingerprint density at radius 3 is 2.38 bits per heavy atom. The Balaban J connectivity index is 1.47. The van der Waals surface area contributed by atoms with Gasteiger partial charge in [0.05, 0.1) is 25.9 Å². The number of para-hydroxylation sites is 1. The van der Waals surface area contributed by atoms with Gasteiger partial charge in [-0.2, -0.15) is 5.06 Å². The maximum atomic E-state index is 14.3. The van der Waals surface area contributed by atoms with Crippen molar-refractivity contribution in [2.75, 3.05) is 52.8 Å². The Morgan fingerprint density at radius 2 is 1.82 bits per heavy atom. The van der Waals surface area contributed by atoms with Crippen LogP contribution in [0.2, 0.25) is 0 Å². The predicted molar refractivity (Wildman–Crippen MR) is 219 cm³/mol. The number of aliphatic hydroxyl groups excluding tert-OH is 2. The van der Waals surface area contributed by atoms with E-state index in [1.165, 1.54) is 6.42 Å². The van der Waals surface area contributed by atoms with Gasteiger partial charge in [-0.15, -0.1) is 0 Å². The van der Waals surface area contributed by atoms with Crippen LogP contribution in [-0.4, -0.2) is 110 Å². The number of nitrogens with zero attached hydrogens (tertiary/aromatic N) is 3. The van der Waals surface area contributed by atoms with Gasteiger partial charge < -0.3 is 35.4 Å². The highest BCUT2D eigenvalue weighted by Gasteiger charge is 2.57. The molecule has 2 bridgehead atoms. The molecule has 0 spiro atoms. The van der Waals surface area contributed by atoms with Crippen molar-refractivity contribution >= 4 is 17.5 Å². The van der Waals surface area contributed by atoms with Gasteiger partial charge in [0.2, 0.25) is 5.91 Å². The molecule has 306 valence electrons. The average molecular weight is 764 g/mol. The largest absolute Gasteiger partial charge is 0.493 e. The Labute approximate surface area is 330 Å². The maximum Gasteiger partial charge on any atom is 0.251 e. The predicted octanol–water partition coefficient (Wildman–Crippen LogP) is 5.58. The summed E-state index contributed by atoms with van der Waals surface area (Å²) in [5.41, 5.74) is 4.15. The van der Waals surface area contributed by atoms with Crippen molar-refractivity contribution in [1.29, 1.82) is 0 Å². The number of nitrogens with one attached hydrogen (secondary N) is 2. The van der Waals surface area contributed by atoms with E-state index in [9.17, 15) is 19.8 Å². The van der Waals surface area contributed by atoms with Crippen LogP contribution in [0.15, 0.2) is 36.4 Å². The molecule has 3 aliphatic carbocycles.